The van der Waals surface area contributed by atoms with Crippen molar-refractivity contribution in [1.29, 1.82) is 0 Å². The standard InChI is InChI=1S/C13H16N2OS/c16-12-9-17-10-13(11-5-2-1-3-6-11)14-7-4-8-15(12)13/h1-3,5-6,14H,4,7-10H2. The van der Waals surface area contributed by atoms with Crippen LogP contribution in [-0.4, -0.2) is 35.4 Å². The molecule has 4 heteroatoms. The fourth-order valence-electron chi connectivity index (χ4n) is 2.70. The molecule has 3 rings (SSSR count). The van der Waals surface area contributed by atoms with Gasteiger partial charge in [0.2, 0.25) is 5.91 Å². The van der Waals surface area contributed by atoms with Gasteiger partial charge in [-0.2, -0.15) is 0 Å². The highest BCUT2D eigenvalue weighted by Crippen LogP contribution is 2.36. The highest BCUT2D eigenvalue weighted by Gasteiger charge is 2.45. The van der Waals surface area contributed by atoms with Gasteiger partial charge < -0.3 is 4.90 Å². The third-order valence-electron chi connectivity index (χ3n) is 3.53. The number of thioether (sulfide) groups is 1. The molecule has 1 amide bonds. The normalized spacial score (nSPS) is 28.9. The van der Waals surface area contributed by atoms with Gasteiger partial charge in [-0.15, -0.1) is 11.8 Å². The minimum absolute atomic E-state index is 0.261. The zero-order valence-corrected chi connectivity index (χ0v) is 10.5. The lowest BCUT2D eigenvalue weighted by Crippen LogP contribution is -2.66. The van der Waals surface area contributed by atoms with Crippen LogP contribution >= 0.6 is 11.8 Å². The third kappa shape index (κ3) is 1.76. The molecule has 2 saturated heterocycles. The Morgan fingerprint density at radius 2 is 2.12 bits per heavy atom. The first kappa shape index (κ1) is 11.1. The molecule has 0 saturated carbocycles. The van der Waals surface area contributed by atoms with Gasteiger partial charge >= 0.3 is 0 Å². The monoisotopic (exact) mass is 248 g/mol. The van der Waals surface area contributed by atoms with Crippen LogP contribution in [0.5, 0.6) is 0 Å². The van der Waals surface area contributed by atoms with Crippen LogP contribution < -0.4 is 5.32 Å². The van der Waals surface area contributed by atoms with E-state index in [1.807, 2.05) is 23.1 Å². The maximum atomic E-state index is 12.1. The first-order valence-electron chi connectivity index (χ1n) is 6.02. The summed E-state index contributed by atoms with van der Waals surface area (Å²) in [6.07, 6.45) is 1.05. The van der Waals surface area contributed by atoms with Crippen LogP contribution in [0.4, 0.5) is 0 Å². The van der Waals surface area contributed by atoms with Crippen molar-refractivity contribution in [2.75, 3.05) is 24.6 Å². The van der Waals surface area contributed by atoms with Gasteiger partial charge in [0.15, 0.2) is 0 Å². The van der Waals surface area contributed by atoms with E-state index in [4.69, 9.17) is 0 Å². The maximum absolute atomic E-state index is 12.1. The minimum Gasteiger partial charge on any atom is -0.319 e. The number of benzene rings is 1. The molecule has 1 aromatic carbocycles. The van der Waals surface area contributed by atoms with E-state index in [0.717, 1.165) is 25.3 Å². The number of hydrogen-bond donors (Lipinski definition) is 1. The summed E-state index contributed by atoms with van der Waals surface area (Å²) < 4.78 is 0. The van der Waals surface area contributed by atoms with Crippen LogP contribution in [0, 0.1) is 0 Å². The van der Waals surface area contributed by atoms with E-state index in [0.29, 0.717) is 5.75 Å². The second-order valence-corrected chi connectivity index (χ2v) is 5.53. The summed E-state index contributed by atoms with van der Waals surface area (Å²) in [7, 11) is 0. The molecule has 2 aliphatic heterocycles. The zero-order chi connectivity index (χ0) is 11.7. The summed E-state index contributed by atoms with van der Waals surface area (Å²) in [5.74, 6) is 1.83. The van der Waals surface area contributed by atoms with Crippen LogP contribution in [-0.2, 0) is 10.5 Å². The molecule has 2 heterocycles. The highest BCUT2D eigenvalue weighted by molar-refractivity contribution is 8.00. The van der Waals surface area contributed by atoms with Crippen LogP contribution in [0.25, 0.3) is 0 Å². The Morgan fingerprint density at radius 3 is 2.94 bits per heavy atom. The molecule has 0 aliphatic carbocycles. The van der Waals surface area contributed by atoms with Gasteiger partial charge in [-0.1, -0.05) is 30.3 Å². The van der Waals surface area contributed by atoms with Crippen molar-refractivity contribution in [2.45, 2.75) is 12.1 Å². The van der Waals surface area contributed by atoms with E-state index in [-0.39, 0.29) is 11.6 Å². The van der Waals surface area contributed by atoms with Gasteiger partial charge in [-0.25, -0.2) is 0 Å². The van der Waals surface area contributed by atoms with Crippen molar-refractivity contribution in [3.8, 4) is 0 Å². The lowest BCUT2D eigenvalue weighted by molar-refractivity contribution is -0.138. The smallest absolute Gasteiger partial charge is 0.234 e. The molecular weight excluding hydrogens is 232 g/mol. The molecule has 0 aromatic heterocycles. The Balaban J connectivity index is 2.04. The van der Waals surface area contributed by atoms with E-state index in [1.54, 1.807) is 11.8 Å². The summed E-state index contributed by atoms with van der Waals surface area (Å²) in [6.45, 7) is 1.86. The lowest BCUT2D eigenvalue weighted by atomic mass is 9.96. The fourth-order valence-corrected chi connectivity index (χ4v) is 3.86. The molecular formula is C13H16N2OS. The molecule has 0 spiro atoms. The van der Waals surface area contributed by atoms with E-state index in [2.05, 4.69) is 17.4 Å². The summed E-state index contributed by atoms with van der Waals surface area (Å²) in [4.78, 5) is 14.1. The number of amides is 1. The van der Waals surface area contributed by atoms with Gasteiger partial charge in [-0.05, 0) is 18.5 Å². The summed E-state index contributed by atoms with van der Waals surface area (Å²) in [5, 5.41) is 3.57. The SMILES string of the molecule is O=C1CSCC2(c3ccccc3)NCCCN12. The van der Waals surface area contributed by atoms with Gasteiger partial charge in [0.25, 0.3) is 0 Å². The molecule has 0 bridgehead atoms. The fraction of sp³-hybridized carbons (Fsp3) is 0.462. The number of hydrogen-bond acceptors (Lipinski definition) is 3. The van der Waals surface area contributed by atoms with Crippen molar-refractivity contribution in [3.63, 3.8) is 0 Å². The van der Waals surface area contributed by atoms with Crippen LogP contribution in [0.3, 0.4) is 0 Å². The molecule has 2 aliphatic rings. The second-order valence-electron chi connectivity index (χ2n) is 4.54. The van der Waals surface area contributed by atoms with Crippen molar-refractivity contribution < 1.29 is 4.79 Å². The van der Waals surface area contributed by atoms with Gasteiger partial charge in [0, 0.05) is 12.3 Å². The molecule has 17 heavy (non-hydrogen) atoms. The first-order valence-corrected chi connectivity index (χ1v) is 7.17. The summed E-state index contributed by atoms with van der Waals surface area (Å²) in [6, 6.07) is 10.3. The van der Waals surface area contributed by atoms with E-state index >= 15 is 0 Å². The highest BCUT2D eigenvalue weighted by atomic mass is 32.2. The third-order valence-corrected chi connectivity index (χ3v) is 4.60. The number of nitrogens with zero attached hydrogens (tertiary/aromatic N) is 1. The van der Waals surface area contributed by atoms with Crippen molar-refractivity contribution in [2.24, 2.45) is 0 Å². The Morgan fingerprint density at radius 1 is 1.29 bits per heavy atom. The Bertz CT molecular complexity index is 419. The molecule has 2 fully saturated rings. The number of rotatable bonds is 1. The predicted molar refractivity (Wildman–Crippen MR) is 69.8 cm³/mol. The molecule has 1 aromatic rings. The van der Waals surface area contributed by atoms with Crippen molar-refractivity contribution >= 4 is 17.7 Å². The van der Waals surface area contributed by atoms with Crippen molar-refractivity contribution in [1.82, 2.24) is 10.2 Å². The van der Waals surface area contributed by atoms with Crippen LogP contribution in [0.15, 0.2) is 30.3 Å². The van der Waals surface area contributed by atoms with Gasteiger partial charge in [-0.3, -0.25) is 10.1 Å². The Kier molecular flexibility index (Phi) is 2.84. The topological polar surface area (TPSA) is 32.3 Å². The molecule has 1 unspecified atom stereocenters. The zero-order valence-electron chi connectivity index (χ0n) is 9.69. The first-order chi connectivity index (χ1) is 8.33. The number of carbonyl (C=O) groups is 1. The molecule has 90 valence electrons. The quantitative estimate of drug-likeness (QED) is 0.815. The summed E-state index contributed by atoms with van der Waals surface area (Å²) in [5.41, 5.74) is 0.944. The second kappa shape index (κ2) is 4.35. The number of fused-ring (bicyclic) bond motifs is 1. The van der Waals surface area contributed by atoms with Crippen LogP contribution in [0.1, 0.15) is 12.0 Å². The van der Waals surface area contributed by atoms with Crippen molar-refractivity contribution in [3.05, 3.63) is 35.9 Å². The Hall–Kier alpha value is -1.00. The van der Waals surface area contributed by atoms with Crippen LogP contribution in [0.2, 0.25) is 0 Å². The molecule has 3 nitrogen and oxygen atoms in total. The van der Waals surface area contributed by atoms with E-state index in [9.17, 15) is 4.79 Å². The molecule has 0 radical (unpaired) electrons. The Labute approximate surface area is 106 Å². The predicted octanol–water partition coefficient (Wildman–Crippen LogP) is 1.41. The average Bonchev–Trinajstić information content (AvgIpc) is 2.40. The maximum Gasteiger partial charge on any atom is 0.234 e. The number of nitrogens with one attached hydrogen (secondary N) is 1. The van der Waals surface area contributed by atoms with E-state index in [1.165, 1.54) is 5.56 Å². The average molecular weight is 248 g/mol. The summed E-state index contributed by atoms with van der Waals surface area (Å²) >= 11 is 1.73. The minimum atomic E-state index is -0.264. The van der Waals surface area contributed by atoms with Gasteiger partial charge in [0.05, 0.1) is 5.75 Å². The largest absolute Gasteiger partial charge is 0.319 e. The lowest BCUT2D eigenvalue weighted by Gasteiger charge is -2.50. The molecule has 1 atom stereocenters. The van der Waals surface area contributed by atoms with Gasteiger partial charge in [0.1, 0.15) is 5.66 Å². The van der Waals surface area contributed by atoms with E-state index < -0.39 is 0 Å². The number of carbonyl (C=O) groups excluding carboxylic acids is 1. The molecule has 1 N–H and O–H groups in total.